The minimum absolute atomic E-state index is 0.201. The van der Waals surface area contributed by atoms with Crippen LogP contribution in [0, 0.1) is 5.92 Å². The molecule has 0 aromatic carbocycles. The number of likely N-dealkylation sites (N-methyl/N-ethyl adjacent to an activating group) is 1. The molecule has 0 aromatic heterocycles. The van der Waals surface area contributed by atoms with Crippen LogP contribution in [0.25, 0.3) is 0 Å². The summed E-state index contributed by atoms with van der Waals surface area (Å²) >= 11 is 0. The fraction of sp³-hybridized carbons (Fsp3) is 0.917. The van der Waals surface area contributed by atoms with Crippen LogP contribution in [0.4, 0.5) is 0 Å². The Morgan fingerprint density at radius 1 is 1.56 bits per heavy atom. The Bertz CT molecular complexity index is 221. The number of aliphatic hydroxyl groups is 1. The molecule has 1 atom stereocenters. The lowest BCUT2D eigenvalue weighted by atomic mass is 10.1. The third kappa shape index (κ3) is 4.10. The van der Waals surface area contributed by atoms with Gasteiger partial charge in [-0.15, -0.1) is 0 Å². The number of nitrogens with zero attached hydrogens (tertiary/aromatic N) is 2. The van der Waals surface area contributed by atoms with E-state index >= 15 is 0 Å². The van der Waals surface area contributed by atoms with Crippen LogP contribution in [0.5, 0.6) is 0 Å². The average molecular weight is 228 g/mol. The van der Waals surface area contributed by atoms with Crippen molar-refractivity contribution < 1.29 is 9.90 Å². The van der Waals surface area contributed by atoms with Crippen molar-refractivity contribution in [2.24, 2.45) is 5.92 Å². The number of likely N-dealkylation sites (tertiary alicyclic amines) is 1. The van der Waals surface area contributed by atoms with E-state index in [1.807, 2.05) is 11.9 Å². The zero-order chi connectivity index (χ0) is 12.0. The van der Waals surface area contributed by atoms with Crippen LogP contribution in [0.1, 0.15) is 26.2 Å². The van der Waals surface area contributed by atoms with Gasteiger partial charge in [-0.1, -0.05) is 13.3 Å². The van der Waals surface area contributed by atoms with Crippen molar-refractivity contribution in [3.05, 3.63) is 0 Å². The molecule has 1 aliphatic heterocycles. The molecule has 1 heterocycles. The number of carbonyl (C=O) groups is 1. The molecule has 1 aliphatic rings. The van der Waals surface area contributed by atoms with Crippen molar-refractivity contribution in [1.82, 2.24) is 9.80 Å². The van der Waals surface area contributed by atoms with Crippen LogP contribution in [0.3, 0.4) is 0 Å². The molecule has 0 aromatic rings. The average Bonchev–Trinajstić information content (AvgIpc) is 2.73. The zero-order valence-electron chi connectivity index (χ0n) is 10.5. The van der Waals surface area contributed by atoms with Gasteiger partial charge in [-0.05, 0) is 25.3 Å². The first-order valence-corrected chi connectivity index (χ1v) is 6.24. The van der Waals surface area contributed by atoms with Gasteiger partial charge in [0.25, 0.3) is 0 Å². The van der Waals surface area contributed by atoms with Gasteiger partial charge in [0.2, 0.25) is 5.91 Å². The van der Waals surface area contributed by atoms with Crippen LogP contribution >= 0.6 is 0 Å². The Morgan fingerprint density at radius 3 is 2.88 bits per heavy atom. The van der Waals surface area contributed by atoms with Crippen LogP contribution < -0.4 is 0 Å². The number of unbranched alkanes of at least 4 members (excludes halogenated alkanes) is 1. The SMILES string of the molecule is CCCCN(C)C(=O)CN1CCC(CO)C1. The molecule has 0 saturated carbocycles. The van der Waals surface area contributed by atoms with Crippen molar-refractivity contribution in [2.45, 2.75) is 26.2 Å². The van der Waals surface area contributed by atoms with Gasteiger partial charge < -0.3 is 10.0 Å². The first kappa shape index (κ1) is 13.5. The van der Waals surface area contributed by atoms with Crippen LogP contribution in [0.15, 0.2) is 0 Å². The first-order valence-electron chi connectivity index (χ1n) is 6.24. The summed E-state index contributed by atoms with van der Waals surface area (Å²) < 4.78 is 0. The molecule has 94 valence electrons. The molecule has 1 unspecified atom stereocenters. The van der Waals surface area contributed by atoms with Crippen molar-refractivity contribution in [2.75, 3.05) is 39.8 Å². The predicted molar refractivity (Wildman–Crippen MR) is 64.2 cm³/mol. The van der Waals surface area contributed by atoms with E-state index in [2.05, 4.69) is 11.8 Å². The Hall–Kier alpha value is -0.610. The van der Waals surface area contributed by atoms with Gasteiger partial charge in [-0.3, -0.25) is 9.69 Å². The molecule has 1 saturated heterocycles. The van der Waals surface area contributed by atoms with Gasteiger partial charge in [0.05, 0.1) is 6.54 Å². The Morgan fingerprint density at radius 2 is 2.31 bits per heavy atom. The highest BCUT2D eigenvalue weighted by Gasteiger charge is 2.24. The van der Waals surface area contributed by atoms with E-state index in [1.54, 1.807) is 0 Å². The minimum atomic E-state index is 0.201. The first-order chi connectivity index (χ1) is 7.67. The Labute approximate surface area is 98.2 Å². The van der Waals surface area contributed by atoms with E-state index in [-0.39, 0.29) is 12.5 Å². The van der Waals surface area contributed by atoms with Gasteiger partial charge in [-0.25, -0.2) is 0 Å². The number of hydrogen-bond donors (Lipinski definition) is 1. The molecular formula is C12H24N2O2. The zero-order valence-corrected chi connectivity index (χ0v) is 10.5. The van der Waals surface area contributed by atoms with Gasteiger partial charge in [0, 0.05) is 26.7 Å². The summed E-state index contributed by atoms with van der Waals surface area (Å²) in [6, 6.07) is 0. The lowest BCUT2D eigenvalue weighted by Crippen LogP contribution is -2.38. The molecule has 0 bridgehead atoms. The third-order valence-corrected chi connectivity index (χ3v) is 3.26. The number of carbonyl (C=O) groups excluding carboxylic acids is 1. The van der Waals surface area contributed by atoms with Crippen molar-refractivity contribution in [3.63, 3.8) is 0 Å². The second kappa shape index (κ2) is 6.86. The summed E-state index contributed by atoms with van der Waals surface area (Å²) in [6.07, 6.45) is 3.21. The molecule has 0 radical (unpaired) electrons. The molecule has 16 heavy (non-hydrogen) atoms. The van der Waals surface area contributed by atoms with Crippen LogP contribution in [0.2, 0.25) is 0 Å². The standard InChI is InChI=1S/C12H24N2O2/c1-3-4-6-13(2)12(16)9-14-7-5-11(8-14)10-15/h11,15H,3-10H2,1-2H3. The lowest BCUT2D eigenvalue weighted by molar-refractivity contribution is -0.131. The second-order valence-electron chi connectivity index (χ2n) is 4.74. The van der Waals surface area contributed by atoms with Crippen LogP contribution in [-0.4, -0.2) is 60.6 Å². The summed E-state index contributed by atoms with van der Waals surface area (Å²) in [5.74, 6) is 0.570. The van der Waals surface area contributed by atoms with E-state index in [0.29, 0.717) is 12.5 Å². The van der Waals surface area contributed by atoms with E-state index in [9.17, 15) is 4.79 Å². The van der Waals surface area contributed by atoms with Gasteiger partial charge in [0.1, 0.15) is 0 Å². The molecule has 1 N–H and O–H groups in total. The van der Waals surface area contributed by atoms with E-state index in [4.69, 9.17) is 5.11 Å². The fourth-order valence-electron chi connectivity index (χ4n) is 2.04. The second-order valence-corrected chi connectivity index (χ2v) is 4.74. The number of amides is 1. The molecule has 0 aliphatic carbocycles. The van der Waals surface area contributed by atoms with E-state index in [0.717, 1.165) is 38.9 Å². The summed E-state index contributed by atoms with van der Waals surface area (Å²) in [6.45, 7) is 5.55. The fourth-order valence-corrected chi connectivity index (χ4v) is 2.04. The van der Waals surface area contributed by atoms with Gasteiger partial charge in [0.15, 0.2) is 0 Å². The Balaban J connectivity index is 2.23. The normalized spacial score (nSPS) is 21.3. The highest BCUT2D eigenvalue weighted by molar-refractivity contribution is 5.78. The van der Waals surface area contributed by atoms with Crippen molar-refractivity contribution in [3.8, 4) is 0 Å². The molecule has 1 amide bonds. The summed E-state index contributed by atoms with van der Waals surface area (Å²) in [7, 11) is 1.87. The highest BCUT2D eigenvalue weighted by atomic mass is 16.3. The molecule has 1 fully saturated rings. The largest absolute Gasteiger partial charge is 0.396 e. The lowest BCUT2D eigenvalue weighted by Gasteiger charge is -2.21. The maximum Gasteiger partial charge on any atom is 0.236 e. The van der Waals surface area contributed by atoms with Crippen molar-refractivity contribution >= 4 is 5.91 Å². The summed E-state index contributed by atoms with van der Waals surface area (Å²) in [5.41, 5.74) is 0. The highest BCUT2D eigenvalue weighted by Crippen LogP contribution is 2.14. The molecule has 4 nitrogen and oxygen atoms in total. The number of aliphatic hydroxyl groups excluding tert-OH is 1. The van der Waals surface area contributed by atoms with Gasteiger partial charge >= 0.3 is 0 Å². The predicted octanol–water partition coefficient (Wildman–Crippen LogP) is 0.559. The van der Waals surface area contributed by atoms with E-state index in [1.165, 1.54) is 0 Å². The van der Waals surface area contributed by atoms with E-state index < -0.39 is 0 Å². The monoisotopic (exact) mass is 228 g/mol. The summed E-state index contributed by atoms with van der Waals surface area (Å²) in [5, 5.41) is 9.02. The Kier molecular flexibility index (Phi) is 5.77. The van der Waals surface area contributed by atoms with Crippen molar-refractivity contribution in [1.29, 1.82) is 0 Å². The maximum atomic E-state index is 11.8. The third-order valence-electron chi connectivity index (χ3n) is 3.26. The quantitative estimate of drug-likeness (QED) is 0.722. The topological polar surface area (TPSA) is 43.8 Å². The minimum Gasteiger partial charge on any atom is -0.396 e. The maximum absolute atomic E-state index is 11.8. The smallest absolute Gasteiger partial charge is 0.236 e. The van der Waals surface area contributed by atoms with Crippen LogP contribution in [-0.2, 0) is 4.79 Å². The number of rotatable bonds is 6. The molecule has 4 heteroatoms. The summed E-state index contributed by atoms with van der Waals surface area (Å²) in [4.78, 5) is 15.8. The van der Waals surface area contributed by atoms with Gasteiger partial charge in [-0.2, -0.15) is 0 Å². The molecular weight excluding hydrogens is 204 g/mol. The molecule has 0 spiro atoms. The number of hydrogen-bond acceptors (Lipinski definition) is 3. The molecule has 1 rings (SSSR count).